The molecule has 0 unspecified atom stereocenters. The molecule has 2 nitrogen and oxygen atoms in total. The van der Waals surface area contributed by atoms with Crippen molar-refractivity contribution in [3.05, 3.63) is 65.2 Å². The summed E-state index contributed by atoms with van der Waals surface area (Å²) < 4.78 is 5.24. The van der Waals surface area contributed by atoms with Gasteiger partial charge in [-0.1, -0.05) is 42.5 Å². The topological polar surface area (TPSA) is 21.3 Å². The predicted octanol–water partition coefficient (Wildman–Crippen LogP) is 4.32. The van der Waals surface area contributed by atoms with Gasteiger partial charge in [0, 0.05) is 24.9 Å². The van der Waals surface area contributed by atoms with Crippen molar-refractivity contribution < 1.29 is 4.74 Å². The Balaban J connectivity index is 1.68. The van der Waals surface area contributed by atoms with E-state index < -0.39 is 0 Å². The Morgan fingerprint density at radius 1 is 1.10 bits per heavy atom. The monoisotopic (exact) mass is 267 g/mol. The van der Waals surface area contributed by atoms with Crippen LogP contribution in [0.1, 0.15) is 35.4 Å². The first kappa shape index (κ1) is 13.2. The van der Waals surface area contributed by atoms with E-state index in [0.29, 0.717) is 6.61 Å². The zero-order chi connectivity index (χ0) is 13.8. The predicted molar refractivity (Wildman–Crippen MR) is 82.9 cm³/mol. The van der Waals surface area contributed by atoms with Crippen LogP contribution in [0.5, 0.6) is 0 Å². The Kier molecular flexibility index (Phi) is 4.03. The lowest BCUT2D eigenvalue weighted by Gasteiger charge is -2.12. The van der Waals surface area contributed by atoms with Crippen molar-refractivity contribution in [1.29, 1.82) is 0 Å². The van der Waals surface area contributed by atoms with Crippen LogP contribution in [-0.4, -0.2) is 7.11 Å². The highest BCUT2D eigenvalue weighted by Gasteiger charge is 2.23. The van der Waals surface area contributed by atoms with Gasteiger partial charge in [-0.2, -0.15) is 0 Å². The van der Waals surface area contributed by atoms with Crippen molar-refractivity contribution in [2.45, 2.75) is 31.9 Å². The maximum Gasteiger partial charge on any atom is 0.0733 e. The zero-order valence-corrected chi connectivity index (χ0v) is 11.9. The summed E-state index contributed by atoms with van der Waals surface area (Å²) >= 11 is 0. The van der Waals surface area contributed by atoms with Gasteiger partial charge in [-0.25, -0.2) is 0 Å². The summed E-state index contributed by atoms with van der Waals surface area (Å²) in [6.45, 7) is 1.51. The first-order chi connectivity index (χ1) is 9.86. The molecule has 0 bridgehead atoms. The lowest BCUT2D eigenvalue weighted by molar-refractivity contribution is 0.185. The molecule has 0 atom stereocenters. The molecule has 1 saturated carbocycles. The fraction of sp³-hybridized carbons (Fsp3) is 0.333. The molecule has 1 aliphatic carbocycles. The third-order valence-electron chi connectivity index (χ3n) is 3.80. The van der Waals surface area contributed by atoms with Crippen LogP contribution >= 0.6 is 0 Å². The summed E-state index contributed by atoms with van der Waals surface area (Å²) in [6, 6.07) is 17.3. The van der Waals surface area contributed by atoms with Crippen molar-refractivity contribution in [2.75, 3.05) is 12.4 Å². The van der Waals surface area contributed by atoms with Gasteiger partial charge in [0.05, 0.1) is 6.61 Å². The first-order valence-electron chi connectivity index (χ1n) is 7.26. The lowest BCUT2D eigenvalue weighted by atomic mass is 10.1. The van der Waals surface area contributed by atoms with Gasteiger partial charge in [-0.15, -0.1) is 0 Å². The van der Waals surface area contributed by atoms with E-state index in [1.165, 1.54) is 29.5 Å². The molecule has 0 amide bonds. The van der Waals surface area contributed by atoms with Crippen molar-refractivity contribution in [1.82, 2.24) is 0 Å². The van der Waals surface area contributed by atoms with Crippen molar-refractivity contribution in [2.24, 2.45) is 0 Å². The van der Waals surface area contributed by atoms with Crippen LogP contribution in [0.15, 0.2) is 48.5 Å². The highest BCUT2D eigenvalue weighted by molar-refractivity contribution is 5.51. The molecule has 0 heterocycles. The SMILES string of the molecule is COCc1ccccc1NCc1cccc(C2CC2)c1. The number of ether oxygens (including phenoxy) is 1. The molecule has 0 aromatic heterocycles. The van der Waals surface area contributed by atoms with Crippen molar-refractivity contribution >= 4 is 5.69 Å². The molecule has 1 aliphatic rings. The smallest absolute Gasteiger partial charge is 0.0733 e. The van der Waals surface area contributed by atoms with Crippen molar-refractivity contribution in [3.8, 4) is 0 Å². The van der Waals surface area contributed by atoms with Crippen LogP contribution in [0.25, 0.3) is 0 Å². The van der Waals surface area contributed by atoms with Gasteiger partial charge in [0.15, 0.2) is 0 Å². The molecule has 104 valence electrons. The van der Waals surface area contributed by atoms with Crippen LogP contribution in [-0.2, 0) is 17.9 Å². The summed E-state index contributed by atoms with van der Waals surface area (Å²) in [6.07, 6.45) is 2.71. The Labute approximate surface area is 120 Å². The number of nitrogens with one attached hydrogen (secondary N) is 1. The van der Waals surface area contributed by atoms with Gasteiger partial charge < -0.3 is 10.1 Å². The molecular weight excluding hydrogens is 246 g/mol. The minimum absolute atomic E-state index is 0.644. The van der Waals surface area contributed by atoms with Crippen LogP contribution in [0.4, 0.5) is 5.69 Å². The normalized spacial score (nSPS) is 14.2. The maximum absolute atomic E-state index is 5.24. The minimum atomic E-state index is 0.644. The zero-order valence-electron chi connectivity index (χ0n) is 11.9. The quantitative estimate of drug-likeness (QED) is 0.841. The largest absolute Gasteiger partial charge is 0.381 e. The van der Waals surface area contributed by atoms with Crippen LogP contribution in [0.3, 0.4) is 0 Å². The van der Waals surface area contributed by atoms with Gasteiger partial charge in [0.25, 0.3) is 0 Å². The Morgan fingerprint density at radius 3 is 2.75 bits per heavy atom. The van der Waals surface area contributed by atoms with Gasteiger partial charge in [0.1, 0.15) is 0 Å². The lowest BCUT2D eigenvalue weighted by Crippen LogP contribution is -2.03. The number of hydrogen-bond donors (Lipinski definition) is 1. The number of hydrogen-bond acceptors (Lipinski definition) is 2. The van der Waals surface area contributed by atoms with Crippen LogP contribution in [0, 0.1) is 0 Å². The summed E-state index contributed by atoms with van der Waals surface area (Å²) in [5.74, 6) is 0.815. The summed E-state index contributed by atoms with van der Waals surface area (Å²) in [4.78, 5) is 0. The van der Waals surface area contributed by atoms with Crippen LogP contribution in [0.2, 0.25) is 0 Å². The number of methoxy groups -OCH3 is 1. The Hall–Kier alpha value is -1.80. The maximum atomic E-state index is 5.24. The molecule has 0 spiro atoms. The second-order valence-electron chi connectivity index (χ2n) is 5.46. The average molecular weight is 267 g/mol. The van der Waals surface area contributed by atoms with E-state index in [1.807, 2.05) is 6.07 Å². The second kappa shape index (κ2) is 6.10. The molecule has 0 saturated heterocycles. The van der Waals surface area contributed by atoms with E-state index >= 15 is 0 Å². The Morgan fingerprint density at radius 2 is 1.95 bits per heavy atom. The third-order valence-corrected chi connectivity index (χ3v) is 3.80. The number of anilines is 1. The molecule has 0 radical (unpaired) electrons. The van der Waals surface area contributed by atoms with Gasteiger partial charge in [-0.05, 0) is 36.0 Å². The van der Waals surface area contributed by atoms with E-state index in [9.17, 15) is 0 Å². The number of benzene rings is 2. The molecule has 1 N–H and O–H groups in total. The number of para-hydroxylation sites is 1. The summed E-state index contributed by atoms with van der Waals surface area (Å²) in [5, 5.41) is 3.52. The minimum Gasteiger partial charge on any atom is -0.381 e. The molecule has 3 rings (SSSR count). The van der Waals surface area contributed by atoms with E-state index in [-0.39, 0.29) is 0 Å². The average Bonchev–Trinajstić information content (AvgIpc) is 3.32. The van der Waals surface area contributed by atoms with Gasteiger partial charge in [0.2, 0.25) is 0 Å². The molecule has 2 aromatic carbocycles. The summed E-state index contributed by atoms with van der Waals surface area (Å²) in [7, 11) is 1.73. The number of rotatable bonds is 6. The Bertz CT molecular complexity index is 575. The highest BCUT2D eigenvalue weighted by atomic mass is 16.5. The molecule has 2 aromatic rings. The first-order valence-corrected chi connectivity index (χ1v) is 7.26. The van der Waals surface area contributed by atoms with Crippen LogP contribution < -0.4 is 5.32 Å². The molecular formula is C18H21NO. The molecule has 2 heteroatoms. The van der Waals surface area contributed by atoms with Gasteiger partial charge >= 0.3 is 0 Å². The molecule has 0 aliphatic heterocycles. The van der Waals surface area contributed by atoms with E-state index in [1.54, 1.807) is 7.11 Å². The second-order valence-corrected chi connectivity index (χ2v) is 5.46. The van der Waals surface area contributed by atoms with E-state index in [2.05, 4.69) is 47.8 Å². The summed E-state index contributed by atoms with van der Waals surface area (Å²) in [5.41, 5.74) is 5.20. The standard InChI is InChI=1S/C18H21NO/c1-20-13-17-6-2-3-8-18(17)19-12-14-5-4-7-16(11-14)15-9-10-15/h2-8,11,15,19H,9-10,12-13H2,1H3. The van der Waals surface area contributed by atoms with Crippen molar-refractivity contribution in [3.63, 3.8) is 0 Å². The van der Waals surface area contributed by atoms with E-state index in [0.717, 1.165) is 18.2 Å². The third kappa shape index (κ3) is 3.20. The van der Waals surface area contributed by atoms with Gasteiger partial charge in [-0.3, -0.25) is 0 Å². The highest BCUT2D eigenvalue weighted by Crippen LogP contribution is 2.40. The molecule has 20 heavy (non-hydrogen) atoms. The fourth-order valence-corrected chi connectivity index (χ4v) is 2.55. The van der Waals surface area contributed by atoms with E-state index in [4.69, 9.17) is 4.74 Å². The fourth-order valence-electron chi connectivity index (χ4n) is 2.55. The molecule has 1 fully saturated rings.